The van der Waals surface area contributed by atoms with Crippen molar-refractivity contribution in [3.8, 4) is 0 Å². The fourth-order valence-electron chi connectivity index (χ4n) is 1.97. The highest BCUT2D eigenvalue weighted by molar-refractivity contribution is 14.1. The summed E-state index contributed by atoms with van der Waals surface area (Å²) in [5, 5.41) is 1.78. The zero-order chi connectivity index (χ0) is 14.0. The minimum Gasteiger partial charge on any atom is -0.336 e. The van der Waals surface area contributed by atoms with E-state index in [1.54, 1.807) is 16.3 Å². The monoisotopic (exact) mass is 404 g/mol. The van der Waals surface area contributed by atoms with E-state index in [9.17, 15) is 18.0 Å². The van der Waals surface area contributed by atoms with E-state index in [0.717, 1.165) is 2.88 Å². The summed E-state index contributed by atoms with van der Waals surface area (Å²) in [5.74, 6) is -0.0918. The highest BCUT2D eigenvalue weighted by Crippen LogP contribution is 2.20. The number of hydrogen-bond donors (Lipinski definition) is 0. The molecule has 1 aromatic heterocycles. The predicted octanol–water partition coefficient (Wildman–Crippen LogP) is 2.67. The van der Waals surface area contributed by atoms with Crippen molar-refractivity contribution >= 4 is 39.8 Å². The maximum Gasteiger partial charge on any atom is 0.401 e. The van der Waals surface area contributed by atoms with Crippen LogP contribution in [-0.4, -0.2) is 54.6 Å². The molecule has 1 fully saturated rings. The number of amides is 1. The molecule has 2 rings (SSSR count). The molecule has 0 N–H and O–H groups in total. The van der Waals surface area contributed by atoms with Gasteiger partial charge >= 0.3 is 6.18 Å². The van der Waals surface area contributed by atoms with E-state index in [0.29, 0.717) is 18.7 Å². The van der Waals surface area contributed by atoms with Crippen LogP contribution in [0.5, 0.6) is 0 Å². The van der Waals surface area contributed by atoms with Crippen LogP contribution in [0.25, 0.3) is 0 Å². The largest absolute Gasteiger partial charge is 0.401 e. The van der Waals surface area contributed by atoms with Crippen molar-refractivity contribution in [2.75, 3.05) is 32.7 Å². The molecular formula is C11H12F3IN2OS. The molecule has 8 heteroatoms. The third kappa shape index (κ3) is 4.32. The maximum atomic E-state index is 12.2. The molecule has 0 radical (unpaired) electrons. The molecule has 0 bridgehead atoms. The molecule has 1 aliphatic rings. The van der Waals surface area contributed by atoms with Gasteiger partial charge in [-0.3, -0.25) is 9.69 Å². The molecule has 19 heavy (non-hydrogen) atoms. The van der Waals surface area contributed by atoms with E-state index in [1.165, 1.54) is 16.2 Å². The number of hydrogen-bond acceptors (Lipinski definition) is 3. The first kappa shape index (κ1) is 15.0. The van der Waals surface area contributed by atoms with Crippen molar-refractivity contribution in [1.29, 1.82) is 0 Å². The van der Waals surface area contributed by atoms with Crippen molar-refractivity contribution in [1.82, 2.24) is 9.80 Å². The maximum absolute atomic E-state index is 12.2. The number of carbonyl (C=O) groups is 1. The molecule has 0 aromatic carbocycles. The van der Waals surface area contributed by atoms with Gasteiger partial charge in [-0.05, 0) is 28.7 Å². The molecule has 0 saturated carbocycles. The molecule has 1 saturated heterocycles. The van der Waals surface area contributed by atoms with Crippen molar-refractivity contribution in [2.45, 2.75) is 6.18 Å². The second-order valence-electron chi connectivity index (χ2n) is 4.32. The number of carbonyl (C=O) groups excluding carboxylic acids is 1. The van der Waals surface area contributed by atoms with Crippen LogP contribution in [-0.2, 0) is 0 Å². The Morgan fingerprint density at radius 3 is 2.42 bits per heavy atom. The van der Waals surface area contributed by atoms with E-state index in [2.05, 4.69) is 22.6 Å². The summed E-state index contributed by atoms with van der Waals surface area (Å²) in [6, 6.07) is 1.80. The molecule has 0 aliphatic carbocycles. The number of nitrogens with zero attached hydrogens (tertiary/aromatic N) is 2. The number of piperazine rings is 1. The Labute approximate surface area is 126 Å². The highest BCUT2D eigenvalue weighted by Gasteiger charge is 2.33. The molecule has 1 amide bonds. The second-order valence-corrected chi connectivity index (χ2v) is 7.13. The summed E-state index contributed by atoms with van der Waals surface area (Å²) in [6.07, 6.45) is -4.17. The van der Waals surface area contributed by atoms with Gasteiger partial charge in [-0.1, -0.05) is 0 Å². The van der Waals surface area contributed by atoms with Crippen molar-refractivity contribution in [3.05, 3.63) is 19.9 Å². The Morgan fingerprint density at radius 1 is 1.32 bits per heavy atom. The lowest BCUT2D eigenvalue weighted by atomic mass is 10.2. The van der Waals surface area contributed by atoms with E-state index in [-0.39, 0.29) is 19.0 Å². The standard InChI is InChI=1S/C11H12F3IN2OS/c12-11(13,14)7-16-1-3-17(4-2-16)10(18)8-5-9(15)19-6-8/h5-6H,1-4,7H2. The average Bonchev–Trinajstić information content (AvgIpc) is 2.74. The third-order valence-electron chi connectivity index (χ3n) is 2.88. The van der Waals surface area contributed by atoms with Gasteiger partial charge in [0.25, 0.3) is 5.91 Å². The fraction of sp³-hybridized carbons (Fsp3) is 0.545. The molecule has 0 atom stereocenters. The Bertz CT molecular complexity index is 455. The van der Waals surface area contributed by atoms with Crippen molar-refractivity contribution in [2.24, 2.45) is 0 Å². The van der Waals surface area contributed by atoms with Gasteiger partial charge in [0.1, 0.15) is 0 Å². The summed E-state index contributed by atoms with van der Waals surface area (Å²) < 4.78 is 37.8. The summed E-state index contributed by atoms with van der Waals surface area (Å²) in [7, 11) is 0. The fourth-order valence-corrected chi connectivity index (χ4v) is 3.29. The zero-order valence-electron chi connectivity index (χ0n) is 9.91. The molecular weight excluding hydrogens is 392 g/mol. The van der Waals surface area contributed by atoms with Crippen LogP contribution in [0.2, 0.25) is 0 Å². The van der Waals surface area contributed by atoms with Crippen molar-refractivity contribution in [3.63, 3.8) is 0 Å². The van der Waals surface area contributed by atoms with Gasteiger partial charge in [-0.15, -0.1) is 11.3 Å². The second kappa shape index (κ2) is 5.96. The highest BCUT2D eigenvalue weighted by atomic mass is 127. The lowest BCUT2D eigenvalue weighted by molar-refractivity contribution is -0.148. The molecule has 1 aromatic rings. The molecule has 0 unspecified atom stereocenters. The van der Waals surface area contributed by atoms with Crippen LogP contribution in [0.1, 0.15) is 10.4 Å². The van der Waals surface area contributed by atoms with Gasteiger partial charge in [0.15, 0.2) is 0 Å². The van der Waals surface area contributed by atoms with Crippen LogP contribution in [0, 0.1) is 2.88 Å². The van der Waals surface area contributed by atoms with Gasteiger partial charge < -0.3 is 4.90 Å². The van der Waals surface area contributed by atoms with E-state index in [1.807, 2.05) is 0 Å². The van der Waals surface area contributed by atoms with Gasteiger partial charge in [0.05, 0.1) is 15.0 Å². The van der Waals surface area contributed by atoms with Crippen LogP contribution in [0.4, 0.5) is 13.2 Å². The quantitative estimate of drug-likeness (QED) is 0.708. The molecule has 106 valence electrons. The number of thiophene rings is 1. The summed E-state index contributed by atoms with van der Waals surface area (Å²) in [5.41, 5.74) is 0.624. The normalized spacial score (nSPS) is 17.8. The molecule has 2 heterocycles. The Balaban J connectivity index is 1.88. The Kier molecular flexibility index (Phi) is 4.72. The number of rotatable bonds is 2. The van der Waals surface area contributed by atoms with E-state index < -0.39 is 12.7 Å². The molecule has 0 spiro atoms. The number of alkyl halides is 3. The van der Waals surface area contributed by atoms with Crippen LogP contribution in [0.15, 0.2) is 11.4 Å². The summed E-state index contributed by atoms with van der Waals surface area (Å²) in [4.78, 5) is 15.0. The first-order valence-electron chi connectivity index (χ1n) is 5.67. The Hall–Kier alpha value is -0.350. The predicted molar refractivity (Wildman–Crippen MR) is 75.4 cm³/mol. The van der Waals surface area contributed by atoms with Crippen LogP contribution >= 0.6 is 33.9 Å². The SMILES string of the molecule is O=C(c1csc(I)c1)N1CCN(CC(F)(F)F)CC1. The first-order valence-corrected chi connectivity index (χ1v) is 7.63. The minimum atomic E-state index is -4.17. The van der Waals surface area contributed by atoms with Gasteiger partial charge in [0, 0.05) is 31.6 Å². The zero-order valence-corrected chi connectivity index (χ0v) is 12.9. The van der Waals surface area contributed by atoms with Gasteiger partial charge in [-0.25, -0.2) is 0 Å². The topological polar surface area (TPSA) is 23.6 Å². The number of halogens is 4. The first-order chi connectivity index (χ1) is 8.85. The van der Waals surface area contributed by atoms with E-state index >= 15 is 0 Å². The summed E-state index contributed by atoms with van der Waals surface area (Å²) >= 11 is 3.62. The van der Waals surface area contributed by atoms with E-state index in [4.69, 9.17) is 0 Å². The van der Waals surface area contributed by atoms with Crippen molar-refractivity contribution < 1.29 is 18.0 Å². The van der Waals surface area contributed by atoms with Crippen LogP contribution < -0.4 is 0 Å². The van der Waals surface area contributed by atoms with Gasteiger partial charge in [-0.2, -0.15) is 13.2 Å². The lowest BCUT2D eigenvalue weighted by Gasteiger charge is -2.34. The molecule has 1 aliphatic heterocycles. The lowest BCUT2D eigenvalue weighted by Crippen LogP contribution is -2.50. The van der Waals surface area contributed by atoms with Crippen LogP contribution in [0.3, 0.4) is 0 Å². The smallest absolute Gasteiger partial charge is 0.336 e. The van der Waals surface area contributed by atoms with Gasteiger partial charge in [0.2, 0.25) is 0 Å². The summed E-state index contributed by atoms with van der Waals surface area (Å²) in [6.45, 7) is 0.340. The third-order valence-corrected chi connectivity index (χ3v) is 4.67. The average molecular weight is 404 g/mol. The molecule has 3 nitrogen and oxygen atoms in total. The minimum absolute atomic E-state index is 0.0918. The Morgan fingerprint density at radius 2 is 1.95 bits per heavy atom.